The number of halogens is 3. The van der Waals surface area contributed by atoms with Crippen molar-refractivity contribution < 1.29 is 26.4 Å². The third kappa shape index (κ3) is 3.05. The van der Waals surface area contributed by atoms with Crippen LogP contribution >= 0.6 is 0 Å². The van der Waals surface area contributed by atoms with E-state index < -0.39 is 26.8 Å². The molecule has 13 heavy (non-hydrogen) atoms. The summed E-state index contributed by atoms with van der Waals surface area (Å²) in [4.78, 5) is 10.2. The monoisotopic (exact) mass is 217 g/mol. The fourth-order valence-corrected chi connectivity index (χ4v) is 1.07. The summed E-state index contributed by atoms with van der Waals surface area (Å²) in [7, 11) is -5.40. The molecule has 0 aromatic rings. The topological polar surface area (TPSA) is 77.2 Å². The van der Waals surface area contributed by atoms with E-state index >= 15 is 0 Å². The van der Waals surface area contributed by atoms with Crippen LogP contribution in [0.5, 0.6) is 0 Å². The van der Waals surface area contributed by atoms with Gasteiger partial charge in [0.15, 0.2) is 0 Å². The molecular formula is C5H6F3NO3S. The SMILES string of the molecule is CC(=CS(=O)(=O)C(F)(F)F)C(N)=O. The molecule has 4 nitrogen and oxygen atoms in total. The molecule has 0 aromatic carbocycles. The van der Waals surface area contributed by atoms with Crippen LogP contribution in [0.25, 0.3) is 0 Å². The van der Waals surface area contributed by atoms with Gasteiger partial charge in [0.05, 0.1) is 0 Å². The van der Waals surface area contributed by atoms with E-state index in [0.29, 0.717) is 0 Å². The standard InChI is InChI=1S/C5H6F3NO3S/c1-3(4(9)10)2-13(11,12)5(6,7)8/h2H,1H3,(H2,9,10). The Hall–Kier alpha value is -1.05. The lowest BCUT2D eigenvalue weighted by molar-refractivity contribution is -0.114. The number of primary amides is 1. The van der Waals surface area contributed by atoms with Crippen molar-refractivity contribution >= 4 is 15.7 Å². The molecule has 0 aromatic heterocycles. The molecule has 0 rings (SSSR count). The molecule has 1 amide bonds. The van der Waals surface area contributed by atoms with Crippen molar-refractivity contribution in [2.45, 2.75) is 12.4 Å². The maximum Gasteiger partial charge on any atom is 0.501 e. The van der Waals surface area contributed by atoms with E-state index in [0.717, 1.165) is 6.92 Å². The minimum atomic E-state index is -5.40. The summed E-state index contributed by atoms with van der Waals surface area (Å²) >= 11 is 0. The van der Waals surface area contributed by atoms with Crippen LogP contribution in [0.2, 0.25) is 0 Å². The maximum atomic E-state index is 11.7. The number of carbonyl (C=O) groups excluding carboxylic acids is 1. The first-order chi connectivity index (χ1) is 5.58. The highest BCUT2D eigenvalue weighted by Gasteiger charge is 2.44. The summed E-state index contributed by atoms with van der Waals surface area (Å²) < 4.78 is 55.7. The molecule has 0 aliphatic carbocycles. The Kier molecular flexibility index (Phi) is 3.09. The molecule has 0 heterocycles. The minimum absolute atomic E-state index is 0.199. The van der Waals surface area contributed by atoms with Crippen molar-refractivity contribution in [3.05, 3.63) is 11.0 Å². The van der Waals surface area contributed by atoms with Crippen LogP contribution in [0.4, 0.5) is 13.2 Å². The summed E-state index contributed by atoms with van der Waals surface area (Å²) in [6.07, 6.45) is 0. The normalized spacial score (nSPS) is 14.3. The van der Waals surface area contributed by atoms with Gasteiger partial charge < -0.3 is 5.73 Å². The Bertz CT molecular complexity index is 341. The van der Waals surface area contributed by atoms with Crippen molar-refractivity contribution in [1.82, 2.24) is 0 Å². The van der Waals surface area contributed by atoms with E-state index in [1.807, 2.05) is 0 Å². The van der Waals surface area contributed by atoms with E-state index in [2.05, 4.69) is 5.73 Å². The Morgan fingerprint density at radius 2 is 1.77 bits per heavy atom. The number of rotatable bonds is 2. The van der Waals surface area contributed by atoms with Crippen molar-refractivity contribution in [1.29, 1.82) is 0 Å². The second-order valence-corrected chi connectivity index (χ2v) is 3.94. The summed E-state index contributed by atoms with van der Waals surface area (Å²) in [5.41, 5.74) is -1.52. The summed E-state index contributed by atoms with van der Waals surface area (Å²) in [6, 6.07) is 0. The molecule has 0 bridgehead atoms. The average Bonchev–Trinajstić information content (AvgIpc) is 1.83. The molecule has 0 aliphatic heterocycles. The Morgan fingerprint density at radius 1 is 1.38 bits per heavy atom. The van der Waals surface area contributed by atoms with Crippen molar-refractivity contribution in [3.63, 3.8) is 0 Å². The molecule has 0 radical (unpaired) electrons. The highest BCUT2D eigenvalue weighted by atomic mass is 32.2. The number of nitrogens with two attached hydrogens (primary N) is 1. The lowest BCUT2D eigenvalue weighted by Crippen LogP contribution is -2.22. The average molecular weight is 217 g/mol. The predicted octanol–water partition coefficient (Wildman–Crippen LogP) is 0.310. The van der Waals surface area contributed by atoms with Gasteiger partial charge >= 0.3 is 5.51 Å². The number of hydrogen-bond acceptors (Lipinski definition) is 3. The predicted molar refractivity (Wildman–Crippen MR) is 37.9 cm³/mol. The first-order valence-corrected chi connectivity index (χ1v) is 4.42. The Balaban J connectivity index is 5.15. The smallest absolute Gasteiger partial charge is 0.366 e. The van der Waals surface area contributed by atoms with Crippen LogP contribution in [0.3, 0.4) is 0 Å². The third-order valence-electron chi connectivity index (χ3n) is 1.04. The van der Waals surface area contributed by atoms with E-state index in [9.17, 15) is 26.4 Å². The van der Waals surface area contributed by atoms with Gasteiger partial charge in [-0.05, 0) is 6.92 Å². The zero-order chi connectivity index (χ0) is 10.9. The number of carbonyl (C=O) groups is 1. The van der Waals surface area contributed by atoms with Crippen molar-refractivity contribution in [2.75, 3.05) is 0 Å². The van der Waals surface area contributed by atoms with Gasteiger partial charge in [-0.2, -0.15) is 13.2 Å². The van der Waals surface area contributed by atoms with Gasteiger partial charge in [-0.25, -0.2) is 8.42 Å². The summed E-state index contributed by atoms with van der Waals surface area (Å²) in [5, 5.41) is -0.199. The van der Waals surface area contributed by atoms with Gasteiger partial charge in [0.1, 0.15) is 0 Å². The first kappa shape index (κ1) is 11.9. The molecule has 2 N–H and O–H groups in total. The lowest BCUT2D eigenvalue weighted by atomic mass is 10.3. The zero-order valence-electron chi connectivity index (χ0n) is 6.42. The number of alkyl halides is 3. The van der Waals surface area contributed by atoms with Crippen LogP contribution in [0.15, 0.2) is 11.0 Å². The Morgan fingerprint density at radius 3 is 2.00 bits per heavy atom. The number of amides is 1. The highest BCUT2D eigenvalue weighted by Crippen LogP contribution is 2.25. The van der Waals surface area contributed by atoms with Crippen LogP contribution in [0, 0.1) is 0 Å². The van der Waals surface area contributed by atoms with Crippen LogP contribution in [-0.4, -0.2) is 19.8 Å². The second-order valence-electron chi connectivity index (χ2n) is 2.16. The van der Waals surface area contributed by atoms with Gasteiger partial charge in [-0.1, -0.05) is 0 Å². The number of hydrogen-bond donors (Lipinski definition) is 1. The van der Waals surface area contributed by atoms with Gasteiger partial charge in [-0.3, -0.25) is 4.79 Å². The molecule has 0 unspecified atom stereocenters. The van der Waals surface area contributed by atoms with Gasteiger partial charge in [0, 0.05) is 11.0 Å². The molecule has 0 atom stereocenters. The zero-order valence-corrected chi connectivity index (χ0v) is 7.24. The van der Waals surface area contributed by atoms with E-state index in [4.69, 9.17) is 0 Å². The highest BCUT2D eigenvalue weighted by molar-refractivity contribution is 7.95. The molecule has 0 saturated heterocycles. The molecule has 0 spiro atoms. The molecule has 76 valence electrons. The summed E-state index contributed by atoms with van der Waals surface area (Å²) in [6.45, 7) is 0.881. The fourth-order valence-electron chi connectivity index (χ4n) is 0.358. The maximum absolute atomic E-state index is 11.7. The van der Waals surface area contributed by atoms with Crippen molar-refractivity contribution in [3.8, 4) is 0 Å². The van der Waals surface area contributed by atoms with Crippen LogP contribution in [0.1, 0.15) is 6.92 Å². The van der Waals surface area contributed by atoms with Gasteiger partial charge in [0.2, 0.25) is 5.91 Å². The largest absolute Gasteiger partial charge is 0.501 e. The van der Waals surface area contributed by atoms with Crippen LogP contribution < -0.4 is 5.73 Å². The van der Waals surface area contributed by atoms with E-state index in [1.54, 1.807) is 0 Å². The minimum Gasteiger partial charge on any atom is -0.366 e. The van der Waals surface area contributed by atoms with E-state index in [1.165, 1.54) is 0 Å². The number of sulfone groups is 1. The molecule has 0 fully saturated rings. The van der Waals surface area contributed by atoms with Crippen LogP contribution in [-0.2, 0) is 14.6 Å². The quantitative estimate of drug-likeness (QED) is 0.676. The first-order valence-electron chi connectivity index (χ1n) is 2.87. The fraction of sp³-hybridized carbons (Fsp3) is 0.400. The lowest BCUT2D eigenvalue weighted by Gasteiger charge is -2.03. The van der Waals surface area contributed by atoms with Gasteiger partial charge in [0.25, 0.3) is 9.84 Å². The third-order valence-corrected chi connectivity index (χ3v) is 2.35. The second kappa shape index (κ2) is 3.36. The van der Waals surface area contributed by atoms with E-state index in [-0.39, 0.29) is 5.41 Å². The molecule has 0 aliphatic rings. The molecular weight excluding hydrogens is 211 g/mol. The molecule has 8 heteroatoms. The van der Waals surface area contributed by atoms with Crippen molar-refractivity contribution in [2.24, 2.45) is 5.73 Å². The van der Waals surface area contributed by atoms with Gasteiger partial charge in [-0.15, -0.1) is 0 Å². The summed E-state index contributed by atoms with van der Waals surface area (Å²) in [5.74, 6) is -1.21. The molecule has 0 saturated carbocycles. The Labute approximate surface area is 72.1 Å².